The van der Waals surface area contributed by atoms with Crippen molar-refractivity contribution in [2.75, 3.05) is 13.1 Å². The first-order valence-electron chi connectivity index (χ1n) is 7.57. The number of aryl methyl sites for hydroxylation is 1. The minimum absolute atomic E-state index is 0.301. The molecule has 0 spiro atoms. The summed E-state index contributed by atoms with van der Waals surface area (Å²) in [5.74, 6) is 0.403. The van der Waals surface area contributed by atoms with E-state index in [1.807, 2.05) is 30.3 Å². The van der Waals surface area contributed by atoms with E-state index in [4.69, 9.17) is 0 Å². The number of benzene rings is 1. The van der Waals surface area contributed by atoms with Gasteiger partial charge in [0.25, 0.3) is 0 Å². The molecule has 118 valence electrons. The molecule has 0 saturated carbocycles. The van der Waals surface area contributed by atoms with E-state index in [0.29, 0.717) is 29.6 Å². The van der Waals surface area contributed by atoms with E-state index in [1.54, 1.807) is 22.2 Å². The third-order valence-electron chi connectivity index (χ3n) is 4.08. The van der Waals surface area contributed by atoms with Gasteiger partial charge in [0.15, 0.2) is 0 Å². The number of aromatic nitrogens is 2. The summed E-state index contributed by atoms with van der Waals surface area (Å²) in [6.45, 7) is 3.28. The van der Waals surface area contributed by atoms with Crippen LogP contribution >= 0.6 is 0 Å². The lowest BCUT2D eigenvalue weighted by atomic mass is 10.0. The second kappa shape index (κ2) is 5.85. The molecule has 0 amide bonds. The monoisotopic (exact) mass is 319 g/mol. The summed E-state index contributed by atoms with van der Waals surface area (Å²) in [6.07, 6.45) is 3.61. The fraction of sp³-hybridized carbons (Fsp3) is 0.438. The topological polar surface area (TPSA) is 55.2 Å². The summed E-state index contributed by atoms with van der Waals surface area (Å²) in [4.78, 5) is 0.301. The lowest BCUT2D eigenvalue weighted by molar-refractivity contribution is 0.281. The Hall–Kier alpha value is -1.66. The van der Waals surface area contributed by atoms with Crippen molar-refractivity contribution in [1.29, 1.82) is 0 Å². The maximum Gasteiger partial charge on any atom is 0.246 e. The highest BCUT2D eigenvalue weighted by Gasteiger charge is 2.32. The molecule has 3 rings (SSSR count). The van der Waals surface area contributed by atoms with Crippen molar-refractivity contribution in [3.63, 3.8) is 0 Å². The van der Waals surface area contributed by atoms with Gasteiger partial charge in [-0.05, 0) is 18.8 Å². The molecule has 0 N–H and O–H groups in total. The fourth-order valence-corrected chi connectivity index (χ4v) is 4.74. The summed E-state index contributed by atoms with van der Waals surface area (Å²) in [5.41, 5.74) is 1.35. The molecule has 1 aromatic heterocycles. The molecule has 1 aliphatic rings. The molecule has 6 heteroatoms. The van der Waals surface area contributed by atoms with Crippen molar-refractivity contribution in [2.24, 2.45) is 13.0 Å². The summed E-state index contributed by atoms with van der Waals surface area (Å²) in [7, 11) is -1.75. The van der Waals surface area contributed by atoms with Crippen molar-refractivity contribution in [3.8, 4) is 11.3 Å². The molecule has 5 nitrogen and oxygen atoms in total. The van der Waals surface area contributed by atoms with Crippen LogP contribution in [0.15, 0.2) is 41.4 Å². The highest BCUT2D eigenvalue weighted by Crippen LogP contribution is 2.30. The predicted molar refractivity (Wildman–Crippen MR) is 85.8 cm³/mol. The second-order valence-electron chi connectivity index (χ2n) is 5.99. The molecule has 1 atom stereocenters. The normalized spacial score (nSPS) is 20.2. The number of hydrogen-bond donors (Lipinski definition) is 0. The van der Waals surface area contributed by atoms with Crippen LogP contribution in [0.1, 0.15) is 19.8 Å². The molecular weight excluding hydrogens is 298 g/mol. The number of sulfonamides is 1. The van der Waals surface area contributed by atoms with Gasteiger partial charge in [-0.3, -0.25) is 4.68 Å². The predicted octanol–water partition coefficient (Wildman–Crippen LogP) is 2.51. The van der Waals surface area contributed by atoms with Crippen LogP contribution in [-0.4, -0.2) is 35.6 Å². The summed E-state index contributed by atoms with van der Waals surface area (Å²) in [5, 5.41) is 4.37. The fourth-order valence-electron chi connectivity index (χ4n) is 2.96. The van der Waals surface area contributed by atoms with E-state index in [2.05, 4.69) is 12.0 Å². The zero-order valence-electron chi connectivity index (χ0n) is 12.9. The number of hydrogen-bond acceptors (Lipinski definition) is 3. The van der Waals surface area contributed by atoms with Crippen LogP contribution in [-0.2, 0) is 17.1 Å². The van der Waals surface area contributed by atoms with Crippen LogP contribution in [0.25, 0.3) is 11.3 Å². The SMILES string of the molecule is CC1CCCN(S(=O)(=O)c2cn(C)nc2-c2ccccc2)C1. The van der Waals surface area contributed by atoms with Gasteiger partial charge in [0.2, 0.25) is 10.0 Å². The lowest BCUT2D eigenvalue weighted by Gasteiger charge is -2.29. The molecule has 1 fully saturated rings. The van der Waals surface area contributed by atoms with Crippen LogP contribution in [0.5, 0.6) is 0 Å². The molecular formula is C16H21N3O2S. The van der Waals surface area contributed by atoms with Gasteiger partial charge in [-0.2, -0.15) is 9.40 Å². The Balaban J connectivity index is 2.04. The van der Waals surface area contributed by atoms with Gasteiger partial charge < -0.3 is 0 Å². The minimum Gasteiger partial charge on any atom is -0.274 e. The third-order valence-corrected chi connectivity index (χ3v) is 5.95. The van der Waals surface area contributed by atoms with Crippen molar-refractivity contribution in [3.05, 3.63) is 36.5 Å². The van der Waals surface area contributed by atoms with E-state index >= 15 is 0 Å². The standard InChI is InChI=1S/C16H21N3O2S/c1-13-7-6-10-19(11-13)22(20,21)15-12-18(2)17-16(15)14-8-4-3-5-9-14/h3-5,8-9,12-13H,6-7,10-11H2,1-2H3. The molecule has 1 unspecified atom stereocenters. The number of nitrogens with zero attached hydrogens (tertiary/aromatic N) is 3. The molecule has 1 saturated heterocycles. The van der Waals surface area contributed by atoms with Gasteiger partial charge in [-0.15, -0.1) is 0 Å². The first-order valence-corrected chi connectivity index (χ1v) is 9.01. The Morgan fingerprint density at radius 2 is 1.95 bits per heavy atom. The van der Waals surface area contributed by atoms with Gasteiger partial charge in [0, 0.05) is 31.9 Å². The zero-order chi connectivity index (χ0) is 15.7. The molecule has 2 heterocycles. The van der Waals surface area contributed by atoms with E-state index in [0.717, 1.165) is 18.4 Å². The molecule has 0 aliphatic carbocycles. The highest BCUT2D eigenvalue weighted by atomic mass is 32.2. The quantitative estimate of drug-likeness (QED) is 0.873. The molecule has 0 bridgehead atoms. The van der Waals surface area contributed by atoms with Crippen LogP contribution in [0, 0.1) is 5.92 Å². The van der Waals surface area contributed by atoms with Gasteiger partial charge in [-0.25, -0.2) is 8.42 Å². The molecule has 1 aromatic carbocycles. The maximum absolute atomic E-state index is 13.0. The van der Waals surface area contributed by atoms with Gasteiger partial charge in [0.1, 0.15) is 10.6 Å². The minimum atomic E-state index is -3.50. The molecule has 2 aromatic rings. The Labute approximate surface area is 131 Å². The van der Waals surface area contributed by atoms with Crippen molar-refractivity contribution >= 4 is 10.0 Å². The largest absolute Gasteiger partial charge is 0.274 e. The summed E-state index contributed by atoms with van der Waals surface area (Å²) < 4.78 is 29.2. The average molecular weight is 319 g/mol. The van der Waals surface area contributed by atoms with Crippen molar-refractivity contribution in [1.82, 2.24) is 14.1 Å². The van der Waals surface area contributed by atoms with Crippen LogP contribution in [0.4, 0.5) is 0 Å². The smallest absolute Gasteiger partial charge is 0.246 e. The van der Waals surface area contributed by atoms with Gasteiger partial charge >= 0.3 is 0 Å². The van der Waals surface area contributed by atoms with E-state index in [-0.39, 0.29) is 0 Å². The Bertz CT molecular complexity index is 753. The molecule has 1 aliphatic heterocycles. The molecule has 22 heavy (non-hydrogen) atoms. The maximum atomic E-state index is 13.0. The third kappa shape index (κ3) is 2.80. The van der Waals surface area contributed by atoms with Gasteiger partial charge in [0.05, 0.1) is 0 Å². The van der Waals surface area contributed by atoms with E-state index in [9.17, 15) is 8.42 Å². The van der Waals surface area contributed by atoms with E-state index < -0.39 is 10.0 Å². The Morgan fingerprint density at radius 1 is 1.23 bits per heavy atom. The van der Waals surface area contributed by atoms with Crippen molar-refractivity contribution in [2.45, 2.75) is 24.7 Å². The first-order chi connectivity index (χ1) is 10.5. The van der Waals surface area contributed by atoms with E-state index in [1.165, 1.54) is 0 Å². The summed E-state index contributed by atoms with van der Waals surface area (Å²) >= 11 is 0. The lowest BCUT2D eigenvalue weighted by Crippen LogP contribution is -2.39. The Morgan fingerprint density at radius 3 is 2.64 bits per heavy atom. The summed E-state index contributed by atoms with van der Waals surface area (Å²) in [6, 6.07) is 9.47. The average Bonchev–Trinajstić information content (AvgIpc) is 2.91. The zero-order valence-corrected chi connectivity index (χ0v) is 13.8. The first kappa shape index (κ1) is 15.2. The number of rotatable bonds is 3. The molecule has 0 radical (unpaired) electrons. The van der Waals surface area contributed by atoms with Crippen LogP contribution < -0.4 is 0 Å². The second-order valence-corrected chi connectivity index (χ2v) is 7.90. The van der Waals surface area contributed by atoms with Crippen LogP contribution in [0.3, 0.4) is 0 Å². The highest BCUT2D eigenvalue weighted by molar-refractivity contribution is 7.89. The van der Waals surface area contributed by atoms with Crippen LogP contribution in [0.2, 0.25) is 0 Å². The van der Waals surface area contributed by atoms with Gasteiger partial charge in [-0.1, -0.05) is 37.3 Å². The Kier molecular flexibility index (Phi) is 4.06. The van der Waals surface area contributed by atoms with Crippen molar-refractivity contribution < 1.29 is 8.42 Å². The number of piperidine rings is 1.